The first-order chi connectivity index (χ1) is 20.4. The quantitative estimate of drug-likeness (QED) is 0.467. The Bertz CT molecular complexity index is 1420. The highest BCUT2D eigenvalue weighted by molar-refractivity contribution is 5.85. The number of hydrogen-bond acceptors (Lipinski definition) is 5. The molecular formula is C35H42N4O3. The van der Waals surface area contributed by atoms with Crippen LogP contribution in [-0.4, -0.2) is 73.0 Å². The van der Waals surface area contributed by atoms with Crippen molar-refractivity contribution in [2.45, 2.75) is 45.3 Å². The lowest BCUT2D eigenvalue weighted by atomic mass is 9.92. The minimum absolute atomic E-state index is 0.0115. The summed E-state index contributed by atoms with van der Waals surface area (Å²) in [7, 11) is 0. The molecule has 42 heavy (non-hydrogen) atoms. The van der Waals surface area contributed by atoms with Crippen molar-refractivity contribution in [2.24, 2.45) is 5.92 Å². The molecule has 1 atom stereocenters. The number of ether oxygens (including phenoxy) is 1. The summed E-state index contributed by atoms with van der Waals surface area (Å²) in [5.74, 6) is 0.918. The highest BCUT2D eigenvalue weighted by Gasteiger charge is 2.35. The smallest absolute Gasteiger partial charge is 0.266 e. The van der Waals surface area contributed by atoms with Gasteiger partial charge in [0, 0.05) is 64.1 Å². The Labute approximate surface area is 249 Å². The zero-order valence-electron chi connectivity index (χ0n) is 24.9. The fraction of sp³-hybridized carbons (Fsp3) is 0.429. The number of rotatable bonds is 6. The zero-order chi connectivity index (χ0) is 29.1. The number of nitrogens with zero attached hydrogens (tertiary/aromatic N) is 3. The van der Waals surface area contributed by atoms with E-state index in [1.54, 1.807) is 0 Å². The Morgan fingerprint density at radius 1 is 0.833 bits per heavy atom. The van der Waals surface area contributed by atoms with Crippen LogP contribution in [0.2, 0.25) is 0 Å². The molecule has 0 saturated carbocycles. The largest absolute Gasteiger partial charge is 0.478 e. The van der Waals surface area contributed by atoms with E-state index in [1.807, 2.05) is 43.0 Å². The molecule has 0 spiro atoms. The summed E-state index contributed by atoms with van der Waals surface area (Å²) in [5, 5.41) is 3.29. The zero-order valence-corrected chi connectivity index (χ0v) is 24.9. The van der Waals surface area contributed by atoms with Crippen LogP contribution >= 0.6 is 0 Å². The maximum Gasteiger partial charge on any atom is 0.266 e. The first-order valence-electron chi connectivity index (χ1n) is 15.4. The lowest BCUT2D eigenvalue weighted by molar-refractivity contribution is -0.146. The van der Waals surface area contributed by atoms with Gasteiger partial charge in [0.1, 0.15) is 5.75 Å². The van der Waals surface area contributed by atoms with E-state index in [4.69, 9.17) is 4.74 Å². The average molecular weight is 567 g/mol. The lowest BCUT2D eigenvalue weighted by Crippen LogP contribution is -2.54. The standard InChI is InChI=1S/C35H42N4O3/c1-35(2,34(41)37-20-16-36-17-21-37)42-32-12-6-11-31(23-32)38-18-7-10-30(25-38)33(40)39-19-15-28-22-27(13-14-29(28)24-39)26-8-4-3-5-9-26/h3-6,8-9,11-14,22-23,30,36H,7,10,15-21,24-25H2,1-2H3/t30-/m1/s1. The second kappa shape index (κ2) is 12.2. The van der Waals surface area contributed by atoms with Crippen LogP contribution in [0.15, 0.2) is 72.8 Å². The van der Waals surface area contributed by atoms with E-state index < -0.39 is 5.60 Å². The lowest BCUT2D eigenvalue weighted by Gasteiger charge is -2.38. The van der Waals surface area contributed by atoms with E-state index in [0.29, 0.717) is 31.9 Å². The van der Waals surface area contributed by atoms with Crippen molar-refractivity contribution in [3.63, 3.8) is 0 Å². The summed E-state index contributed by atoms with van der Waals surface area (Å²) in [6, 6.07) is 25.1. The highest BCUT2D eigenvalue weighted by atomic mass is 16.5. The highest BCUT2D eigenvalue weighted by Crippen LogP contribution is 2.31. The molecule has 2 amide bonds. The molecular weight excluding hydrogens is 524 g/mol. The Hall–Kier alpha value is -3.84. The van der Waals surface area contributed by atoms with Crippen molar-refractivity contribution < 1.29 is 14.3 Å². The maximum absolute atomic E-state index is 13.7. The van der Waals surface area contributed by atoms with Crippen molar-refractivity contribution in [1.82, 2.24) is 15.1 Å². The van der Waals surface area contributed by atoms with E-state index in [2.05, 4.69) is 63.6 Å². The third-order valence-electron chi connectivity index (χ3n) is 8.88. The van der Waals surface area contributed by atoms with Crippen LogP contribution in [0, 0.1) is 5.92 Å². The number of piperidine rings is 1. The van der Waals surface area contributed by atoms with Crippen LogP contribution < -0.4 is 15.0 Å². The first kappa shape index (κ1) is 28.3. The molecule has 220 valence electrons. The maximum atomic E-state index is 13.7. The van der Waals surface area contributed by atoms with Crippen LogP contribution in [-0.2, 0) is 22.6 Å². The van der Waals surface area contributed by atoms with Gasteiger partial charge in [0.05, 0.1) is 5.92 Å². The van der Waals surface area contributed by atoms with Crippen molar-refractivity contribution in [3.8, 4) is 16.9 Å². The third kappa shape index (κ3) is 6.16. The van der Waals surface area contributed by atoms with Gasteiger partial charge in [0.25, 0.3) is 5.91 Å². The van der Waals surface area contributed by atoms with E-state index in [-0.39, 0.29) is 17.7 Å². The molecule has 0 aliphatic carbocycles. The summed E-state index contributed by atoms with van der Waals surface area (Å²) >= 11 is 0. The molecule has 3 aliphatic rings. The molecule has 2 fully saturated rings. The molecule has 0 bridgehead atoms. The molecule has 3 aromatic rings. The molecule has 2 saturated heterocycles. The predicted molar refractivity (Wildman–Crippen MR) is 167 cm³/mol. The number of amides is 2. The van der Waals surface area contributed by atoms with Crippen LogP contribution in [0.5, 0.6) is 5.75 Å². The van der Waals surface area contributed by atoms with E-state index in [9.17, 15) is 9.59 Å². The summed E-state index contributed by atoms with van der Waals surface area (Å²) in [6.45, 7) is 9.76. The SMILES string of the molecule is CC(C)(Oc1cccc(N2CCC[C@@H](C(=O)N3CCc4cc(-c5ccccc5)ccc4C3)C2)c1)C(=O)N1CCNCC1. The van der Waals surface area contributed by atoms with Crippen LogP contribution in [0.1, 0.15) is 37.8 Å². The molecule has 6 rings (SSSR count). The van der Waals surface area contributed by atoms with Crippen molar-refractivity contribution in [2.75, 3.05) is 50.7 Å². The van der Waals surface area contributed by atoms with Gasteiger partial charge in [-0.3, -0.25) is 9.59 Å². The van der Waals surface area contributed by atoms with Crippen LogP contribution in [0.4, 0.5) is 5.69 Å². The van der Waals surface area contributed by atoms with Crippen LogP contribution in [0.3, 0.4) is 0 Å². The Balaban J connectivity index is 1.09. The van der Waals surface area contributed by atoms with Gasteiger partial charge in [-0.25, -0.2) is 0 Å². The van der Waals surface area contributed by atoms with Gasteiger partial charge >= 0.3 is 0 Å². The van der Waals surface area contributed by atoms with Gasteiger partial charge in [0.15, 0.2) is 5.60 Å². The monoisotopic (exact) mass is 566 g/mol. The van der Waals surface area contributed by atoms with Crippen molar-refractivity contribution in [3.05, 3.63) is 83.9 Å². The fourth-order valence-electron chi connectivity index (χ4n) is 6.55. The molecule has 0 radical (unpaired) electrons. The number of piperazine rings is 1. The summed E-state index contributed by atoms with van der Waals surface area (Å²) in [4.78, 5) is 33.1. The summed E-state index contributed by atoms with van der Waals surface area (Å²) < 4.78 is 6.27. The Morgan fingerprint density at radius 3 is 2.45 bits per heavy atom. The van der Waals surface area contributed by atoms with Gasteiger partial charge in [0.2, 0.25) is 5.91 Å². The molecule has 0 unspecified atom stereocenters. The van der Waals surface area contributed by atoms with Gasteiger partial charge in [-0.1, -0.05) is 54.6 Å². The number of fused-ring (bicyclic) bond motifs is 1. The fourth-order valence-corrected chi connectivity index (χ4v) is 6.55. The van der Waals surface area contributed by atoms with Gasteiger partial charge < -0.3 is 24.8 Å². The third-order valence-corrected chi connectivity index (χ3v) is 8.88. The van der Waals surface area contributed by atoms with Crippen molar-refractivity contribution in [1.29, 1.82) is 0 Å². The van der Waals surface area contributed by atoms with Gasteiger partial charge in [-0.05, 0) is 67.5 Å². The van der Waals surface area contributed by atoms with E-state index in [0.717, 1.165) is 51.1 Å². The number of carbonyl (C=O) groups excluding carboxylic acids is 2. The topological polar surface area (TPSA) is 65.1 Å². The predicted octanol–water partition coefficient (Wildman–Crippen LogP) is 4.74. The first-order valence-corrected chi connectivity index (χ1v) is 15.4. The minimum Gasteiger partial charge on any atom is -0.478 e. The summed E-state index contributed by atoms with van der Waals surface area (Å²) in [5.41, 5.74) is 5.14. The van der Waals surface area contributed by atoms with E-state index in [1.165, 1.54) is 22.3 Å². The molecule has 0 aromatic heterocycles. The molecule has 3 heterocycles. The average Bonchev–Trinajstić information content (AvgIpc) is 3.04. The van der Waals surface area contributed by atoms with E-state index >= 15 is 0 Å². The summed E-state index contributed by atoms with van der Waals surface area (Å²) in [6.07, 6.45) is 2.77. The Morgan fingerprint density at radius 2 is 1.64 bits per heavy atom. The molecule has 3 aromatic carbocycles. The number of nitrogens with one attached hydrogen (secondary N) is 1. The number of hydrogen-bond donors (Lipinski definition) is 1. The Kier molecular flexibility index (Phi) is 8.20. The minimum atomic E-state index is -0.956. The normalized spacial score (nSPS) is 19.3. The molecule has 7 nitrogen and oxygen atoms in total. The number of carbonyl (C=O) groups is 2. The van der Waals surface area contributed by atoms with Crippen LogP contribution in [0.25, 0.3) is 11.1 Å². The number of benzene rings is 3. The second-order valence-electron chi connectivity index (χ2n) is 12.3. The van der Waals surface area contributed by atoms with Gasteiger partial charge in [-0.15, -0.1) is 0 Å². The molecule has 1 N–H and O–H groups in total. The number of anilines is 1. The van der Waals surface area contributed by atoms with Crippen molar-refractivity contribution >= 4 is 17.5 Å². The second-order valence-corrected chi connectivity index (χ2v) is 12.3. The molecule has 3 aliphatic heterocycles. The molecule has 7 heteroatoms. The van der Waals surface area contributed by atoms with Gasteiger partial charge in [-0.2, -0.15) is 0 Å².